The van der Waals surface area contributed by atoms with Crippen LogP contribution in [0.4, 0.5) is 0 Å². The zero-order valence-corrected chi connectivity index (χ0v) is 16.2. The first-order chi connectivity index (χ1) is 13.9. The molecule has 0 fully saturated rings. The molecule has 0 bridgehead atoms. The van der Waals surface area contributed by atoms with E-state index in [-0.39, 0.29) is 0 Å². The van der Waals surface area contributed by atoms with Gasteiger partial charge in [-0.25, -0.2) is 0 Å². The molecule has 3 aromatic heterocycles. The monoisotopic (exact) mass is 384 g/mol. The summed E-state index contributed by atoms with van der Waals surface area (Å²) in [4.78, 5) is 4.05. The molecule has 0 aliphatic rings. The van der Waals surface area contributed by atoms with Gasteiger partial charge in [0.15, 0.2) is 0 Å². The zero-order valence-electron chi connectivity index (χ0n) is 15.4. The van der Waals surface area contributed by atoms with Crippen molar-refractivity contribution in [3.8, 4) is 11.3 Å². The number of nitrogens with one attached hydrogen (secondary N) is 2. The van der Waals surface area contributed by atoms with E-state index in [1.165, 1.54) is 25.9 Å². The van der Waals surface area contributed by atoms with Gasteiger partial charge in [-0.2, -0.15) is 5.10 Å². The summed E-state index contributed by atoms with van der Waals surface area (Å²) in [7, 11) is 0. The van der Waals surface area contributed by atoms with Gasteiger partial charge in [0.05, 0.1) is 10.2 Å². The highest BCUT2D eigenvalue weighted by atomic mass is 32.1. The van der Waals surface area contributed by atoms with Crippen molar-refractivity contribution in [3.63, 3.8) is 0 Å². The molecular formula is C23H20N4S. The molecule has 5 heteroatoms. The van der Waals surface area contributed by atoms with Crippen molar-refractivity contribution in [1.29, 1.82) is 0 Å². The Morgan fingerprint density at radius 1 is 0.893 bits per heavy atom. The Balaban J connectivity index is 1.28. The van der Waals surface area contributed by atoms with Gasteiger partial charge < -0.3 is 5.32 Å². The summed E-state index contributed by atoms with van der Waals surface area (Å²) in [6.07, 6.45) is 4.70. The number of aromatic amines is 1. The van der Waals surface area contributed by atoms with Crippen LogP contribution < -0.4 is 5.32 Å². The van der Waals surface area contributed by atoms with Gasteiger partial charge in [-0.05, 0) is 42.3 Å². The van der Waals surface area contributed by atoms with Gasteiger partial charge in [0.2, 0.25) is 0 Å². The number of hydrogen-bond acceptors (Lipinski definition) is 4. The fraction of sp³-hybridized carbons (Fsp3) is 0.130. The average Bonchev–Trinajstić information content (AvgIpc) is 3.32. The predicted octanol–water partition coefficient (Wildman–Crippen LogP) is 5.17. The van der Waals surface area contributed by atoms with E-state index in [1.807, 2.05) is 12.4 Å². The standard InChI is InChI=1S/C23H20N4S/c1-2-4-20-19(3-1)22-23(28-20)21(26-27-22)18-7-5-17(6-8-18)15-25-14-11-16-9-12-24-13-10-16/h1-10,12-13,25H,11,14-15H2,(H,26,27). The number of rotatable bonds is 6. The van der Waals surface area contributed by atoms with Gasteiger partial charge in [0.25, 0.3) is 0 Å². The lowest BCUT2D eigenvalue weighted by molar-refractivity contribution is 0.686. The highest BCUT2D eigenvalue weighted by Gasteiger charge is 2.13. The SMILES string of the molecule is c1ccc2c(c1)sc1c(-c3ccc(CNCCc4ccncc4)cc3)n[nH]c12. The van der Waals surface area contributed by atoms with Crippen LogP contribution in [0.5, 0.6) is 0 Å². The van der Waals surface area contributed by atoms with E-state index in [2.05, 4.69) is 81.2 Å². The summed E-state index contributed by atoms with van der Waals surface area (Å²) in [5.41, 5.74) is 5.91. The predicted molar refractivity (Wildman–Crippen MR) is 117 cm³/mol. The second kappa shape index (κ2) is 7.54. The molecule has 5 aromatic rings. The smallest absolute Gasteiger partial charge is 0.110 e. The van der Waals surface area contributed by atoms with Crippen molar-refractivity contribution in [2.45, 2.75) is 13.0 Å². The maximum atomic E-state index is 4.58. The third kappa shape index (κ3) is 3.30. The molecule has 138 valence electrons. The fourth-order valence-electron chi connectivity index (χ4n) is 3.48. The maximum absolute atomic E-state index is 4.58. The number of fused-ring (bicyclic) bond motifs is 3. The first kappa shape index (κ1) is 17.1. The fourth-order valence-corrected chi connectivity index (χ4v) is 4.64. The molecule has 0 aliphatic heterocycles. The molecule has 2 aromatic carbocycles. The lowest BCUT2D eigenvalue weighted by Crippen LogP contribution is -2.16. The van der Waals surface area contributed by atoms with E-state index in [0.717, 1.165) is 36.3 Å². The van der Waals surface area contributed by atoms with Crippen molar-refractivity contribution in [1.82, 2.24) is 20.5 Å². The first-order valence-electron chi connectivity index (χ1n) is 9.43. The Bertz CT molecular complexity index is 1210. The second-order valence-electron chi connectivity index (χ2n) is 6.85. The normalized spacial score (nSPS) is 11.4. The molecule has 0 spiro atoms. The van der Waals surface area contributed by atoms with Crippen molar-refractivity contribution in [3.05, 3.63) is 84.2 Å². The minimum atomic E-state index is 0.865. The molecular weight excluding hydrogens is 364 g/mol. The summed E-state index contributed by atoms with van der Waals surface area (Å²) < 4.78 is 2.52. The van der Waals surface area contributed by atoms with Crippen LogP contribution in [0, 0.1) is 0 Å². The van der Waals surface area contributed by atoms with Crippen molar-refractivity contribution < 1.29 is 0 Å². The molecule has 0 radical (unpaired) electrons. The Hall–Kier alpha value is -3.02. The number of H-pyrrole nitrogens is 1. The molecule has 28 heavy (non-hydrogen) atoms. The van der Waals surface area contributed by atoms with E-state index in [9.17, 15) is 0 Å². The van der Waals surface area contributed by atoms with Gasteiger partial charge in [-0.15, -0.1) is 11.3 Å². The highest BCUT2D eigenvalue weighted by molar-refractivity contribution is 7.26. The zero-order chi connectivity index (χ0) is 18.8. The largest absolute Gasteiger partial charge is 0.312 e. The van der Waals surface area contributed by atoms with Crippen LogP contribution in [-0.4, -0.2) is 21.7 Å². The topological polar surface area (TPSA) is 53.6 Å². The Morgan fingerprint density at radius 3 is 2.57 bits per heavy atom. The number of pyridine rings is 1. The molecule has 0 aliphatic carbocycles. The van der Waals surface area contributed by atoms with Crippen molar-refractivity contribution >= 4 is 31.6 Å². The summed E-state index contributed by atoms with van der Waals surface area (Å²) in [6, 6.07) is 21.3. The minimum Gasteiger partial charge on any atom is -0.312 e. The van der Waals surface area contributed by atoms with Gasteiger partial charge in [-0.1, -0.05) is 42.5 Å². The summed E-state index contributed by atoms with van der Waals surface area (Å²) in [6.45, 7) is 1.82. The van der Waals surface area contributed by atoms with Crippen LogP contribution in [0.3, 0.4) is 0 Å². The van der Waals surface area contributed by atoms with Gasteiger partial charge in [0, 0.05) is 34.6 Å². The van der Waals surface area contributed by atoms with Gasteiger partial charge >= 0.3 is 0 Å². The van der Waals surface area contributed by atoms with Crippen LogP contribution >= 0.6 is 11.3 Å². The van der Waals surface area contributed by atoms with Crippen LogP contribution in [0.1, 0.15) is 11.1 Å². The molecule has 2 N–H and O–H groups in total. The van der Waals surface area contributed by atoms with Gasteiger partial charge in [-0.3, -0.25) is 10.1 Å². The Morgan fingerprint density at radius 2 is 1.71 bits per heavy atom. The van der Waals surface area contributed by atoms with Crippen LogP contribution in [0.2, 0.25) is 0 Å². The summed E-state index contributed by atoms with van der Waals surface area (Å²) in [5, 5.41) is 12.6. The Kier molecular flexibility index (Phi) is 4.61. The molecule has 4 nitrogen and oxygen atoms in total. The third-order valence-electron chi connectivity index (χ3n) is 4.99. The quantitative estimate of drug-likeness (QED) is 0.397. The van der Waals surface area contributed by atoms with Crippen LogP contribution in [0.25, 0.3) is 31.6 Å². The lowest BCUT2D eigenvalue weighted by Gasteiger charge is -2.06. The lowest BCUT2D eigenvalue weighted by atomic mass is 10.1. The van der Waals surface area contributed by atoms with E-state index in [4.69, 9.17) is 0 Å². The number of aromatic nitrogens is 3. The molecule has 0 unspecified atom stereocenters. The van der Waals surface area contributed by atoms with E-state index >= 15 is 0 Å². The first-order valence-corrected chi connectivity index (χ1v) is 10.2. The second-order valence-corrected chi connectivity index (χ2v) is 7.91. The number of hydrogen-bond donors (Lipinski definition) is 2. The third-order valence-corrected chi connectivity index (χ3v) is 6.16. The van der Waals surface area contributed by atoms with E-state index in [1.54, 1.807) is 11.3 Å². The van der Waals surface area contributed by atoms with E-state index < -0.39 is 0 Å². The molecule has 0 atom stereocenters. The molecule has 3 heterocycles. The minimum absolute atomic E-state index is 0.865. The van der Waals surface area contributed by atoms with Crippen molar-refractivity contribution in [2.24, 2.45) is 0 Å². The average molecular weight is 385 g/mol. The molecule has 0 saturated carbocycles. The van der Waals surface area contributed by atoms with Crippen LogP contribution in [0.15, 0.2) is 73.1 Å². The maximum Gasteiger partial charge on any atom is 0.110 e. The molecule has 5 rings (SSSR count). The molecule has 0 saturated heterocycles. The molecule has 0 amide bonds. The number of thiophene rings is 1. The Labute approximate surface area is 167 Å². The van der Waals surface area contributed by atoms with Gasteiger partial charge in [0.1, 0.15) is 5.69 Å². The van der Waals surface area contributed by atoms with E-state index in [0.29, 0.717) is 0 Å². The summed E-state index contributed by atoms with van der Waals surface area (Å²) in [5.74, 6) is 0. The number of benzene rings is 2. The van der Waals surface area contributed by atoms with Crippen molar-refractivity contribution in [2.75, 3.05) is 6.54 Å². The number of nitrogens with zero attached hydrogens (tertiary/aromatic N) is 2. The highest BCUT2D eigenvalue weighted by Crippen LogP contribution is 2.38. The van der Waals surface area contributed by atoms with Crippen LogP contribution in [-0.2, 0) is 13.0 Å². The summed E-state index contributed by atoms with van der Waals surface area (Å²) >= 11 is 1.80.